The van der Waals surface area contributed by atoms with Gasteiger partial charge in [0.2, 0.25) is 0 Å². The van der Waals surface area contributed by atoms with Gasteiger partial charge in [0.15, 0.2) is 5.78 Å². The van der Waals surface area contributed by atoms with Crippen molar-refractivity contribution in [2.75, 3.05) is 37.6 Å². The van der Waals surface area contributed by atoms with Gasteiger partial charge in [-0.3, -0.25) is 19.4 Å². The number of Topliss-reactive ketones (excluding diaryl/α,β-unsaturated/α-hetero) is 1. The molecule has 4 saturated heterocycles. The summed E-state index contributed by atoms with van der Waals surface area (Å²) in [6.07, 6.45) is 2.94. The number of amides is 1. The summed E-state index contributed by atoms with van der Waals surface area (Å²) in [5, 5.41) is 0. The number of ketones is 1. The lowest BCUT2D eigenvalue weighted by molar-refractivity contribution is -1.20. The zero-order chi connectivity index (χ0) is 19.0. The lowest BCUT2D eigenvalue weighted by Gasteiger charge is -2.62. The Bertz CT molecular complexity index is 817. The number of fused-ring (bicyclic) bond motifs is 1. The highest BCUT2D eigenvalue weighted by molar-refractivity contribution is 6.06. The molecule has 1 amide bonds. The smallest absolute Gasteiger partial charge is 0.300 e. The van der Waals surface area contributed by atoms with Gasteiger partial charge in [-0.1, -0.05) is 32.4 Å². The van der Waals surface area contributed by atoms with Crippen molar-refractivity contribution in [2.45, 2.75) is 45.7 Å². The van der Waals surface area contributed by atoms with Crippen molar-refractivity contribution in [3.05, 3.63) is 29.8 Å². The summed E-state index contributed by atoms with van der Waals surface area (Å²) in [5.41, 5.74) is 1.23. The molecule has 144 valence electrons. The third-order valence-corrected chi connectivity index (χ3v) is 7.74. The molecule has 4 bridgehead atoms. The summed E-state index contributed by atoms with van der Waals surface area (Å²) in [4.78, 5) is 32.0. The lowest BCUT2D eigenvalue weighted by atomic mass is 9.58. The minimum Gasteiger partial charge on any atom is -0.300 e. The first-order chi connectivity index (χ1) is 12.9. The molecule has 2 N–H and O–H groups in total. The number of nitrogens with zero attached hydrogens (tertiary/aromatic N) is 1. The van der Waals surface area contributed by atoms with Crippen LogP contribution in [0.25, 0.3) is 0 Å². The Balaban J connectivity index is 1.68. The van der Waals surface area contributed by atoms with E-state index in [0.29, 0.717) is 5.78 Å². The highest BCUT2D eigenvalue weighted by Gasteiger charge is 2.79. The number of quaternary nitrogens is 2. The number of carbonyl (C=O) groups excluding carboxylic acids is 2. The largest absolute Gasteiger partial charge is 0.353 e. The van der Waals surface area contributed by atoms with Crippen molar-refractivity contribution in [3.8, 4) is 0 Å². The highest BCUT2D eigenvalue weighted by Crippen LogP contribution is 2.44. The molecular formula is C22H31N3O2+2. The minimum atomic E-state index is -0.538. The van der Waals surface area contributed by atoms with Crippen LogP contribution in [-0.2, 0) is 15.3 Å². The zero-order valence-electron chi connectivity index (χ0n) is 16.7. The Kier molecular flexibility index (Phi) is 3.49. The maximum absolute atomic E-state index is 13.9. The molecule has 1 aromatic rings. The van der Waals surface area contributed by atoms with Crippen molar-refractivity contribution in [1.82, 2.24) is 0 Å². The van der Waals surface area contributed by atoms with Crippen molar-refractivity contribution in [3.63, 3.8) is 0 Å². The first-order valence-electron chi connectivity index (χ1n) is 10.6. The molecule has 1 spiro atoms. The van der Waals surface area contributed by atoms with E-state index in [9.17, 15) is 9.59 Å². The van der Waals surface area contributed by atoms with Crippen LogP contribution in [0.4, 0.5) is 5.69 Å². The number of piperidine rings is 2. The maximum atomic E-state index is 13.9. The Morgan fingerprint density at radius 2 is 1.67 bits per heavy atom. The Labute approximate surface area is 161 Å². The molecule has 6 rings (SSSR count). The maximum Gasteiger partial charge on any atom is 0.353 e. The first-order valence-corrected chi connectivity index (χ1v) is 10.6. The molecule has 5 nitrogen and oxygen atoms in total. The molecular weight excluding hydrogens is 338 g/mol. The first kappa shape index (κ1) is 17.4. The molecule has 4 fully saturated rings. The van der Waals surface area contributed by atoms with E-state index in [4.69, 9.17) is 0 Å². The van der Waals surface area contributed by atoms with E-state index in [1.54, 1.807) is 0 Å². The minimum absolute atomic E-state index is 0.233. The SMILES string of the molecule is CCCN1C(=O)C2(c3ccccc31)[NH+]1CC3(C)C[NH+]2CC(CCC)(C1)C3=O. The van der Waals surface area contributed by atoms with Crippen LogP contribution >= 0.6 is 0 Å². The van der Waals surface area contributed by atoms with Crippen LogP contribution in [0.15, 0.2) is 24.3 Å². The van der Waals surface area contributed by atoms with Gasteiger partial charge in [0.25, 0.3) is 0 Å². The van der Waals surface area contributed by atoms with Crippen LogP contribution in [0.1, 0.15) is 45.6 Å². The van der Waals surface area contributed by atoms with Crippen molar-refractivity contribution >= 4 is 17.4 Å². The second-order valence-electron chi connectivity index (χ2n) is 9.56. The van der Waals surface area contributed by atoms with Gasteiger partial charge < -0.3 is 4.90 Å². The van der Waals surface area contributed by atoms with Crippen molar-refractivity contribution in [1.29, 1.82) is 0 Å². The summed E-state index contributed by atoms with van der Waals surface area (Å²) in [6.45, 7) is 10.5. The summed E-state index contributed by atoms with van der Waals surface area (Å²) in [6, 6.07) is 8.40. The molecule has 2 unspecified atom stereocenters. The van der Waals surface area contributed by atoms with Gasteiger partial charge in [-0.05, 0) is 31.9 Å². The highest BCUT2D eigenvalue weighted by atomic mass is 16.2. The van der Waals surface area contributed by atoms with Crippen molar-refractivity contribution in [2.24, 2.45) is 10.8 Å². The van der Waals surface area contributed by atoms with E-state index in [2.05, 4.69) is 39.0 Å². The van der Waals surface area contributed by atoms with E-state index >= 15 is 0 Å². The summed E-state index contributed by atoms with van der Waals surface area (Å²) in [7, 11) is 0. The van der Waals surface area contributed by atoms with Crippen LogP contribution in [0.5, 0.6) is 0 Å². The number of benzene rings is 1. The van der Waals surface area contributed by atoms with Crippen LogP contribution in [-0.4, -0.2) is 44.4 Å². The van der Waals surface area contributed by atoms with E-state index in [-0.39, 0.29) is 16.7 Å². The van der Waals surface area contributed by atoms with Crippen LogP contribution in [0.3, 0.4) is 0 Å². The summed E-state index contributed by atoms with van der Waals surface area (Å²) >= 11 is 0. The molecule has 0 radical (unpaired) electrons. The van der Waals surface area contributed by atoms with Crippen LogP contribution in [0.2, 0.25) is 0 Å². The van der Waals surface area contributed by atoms with Gasteiger partial charge >= 0.3 is 11.6 Å². The molecule has 5 aliphatic rings. The fourth-order valence-corrected chi connectivity index (χ4v) is 7.10. The average molecular weight is 370 g/mol. The fourth-order valence-electron chi connectivity index (χ4n) is 7.10. The molecule has 27 heavy (non-hydrogen) atoms. The quantitative estimate of drug-likeness (QED) is 0.770. The standard InChI is InChI=1S/C22H29N3O2/c1-4-10-21-14-23-12-20(3,18(21)26)13-24(15-21)22(23)16-8-6-7-9-17(16)25(11-5-2)19(22)27/h6-9H,4-5,10-15H2,1-3H3/p+2. The van der Waals surface area contributed by atoms with Gasteiger partial charge in [0, 0.05) is 6.54 Å². The second kappa shape index (κ2) is 5.42. The predicted octanol–water partition coefficient (Wildman–Crippen LogP) is -0.231. The number of anilines is 1. The van der Waals surface area contributed by atoms with E-state index < -0.39 is 5.66 Å². The van der Waals surface area contributed by atoms with E-state index in [1.165, 1.54) is 15.4 Å². The van der Waals surface area contributed by atoms with E-state index in [0.717, 1.165) is 57.7 Å². The van der Waals surface area contributed by atoms with Crippen LogP contribution < -0.4 is 14.7 Å². The zero-order valence-corrected chi connectivity index (χ0v) is 16.7. The molecule has 0 aromatic heterocycles. The Hall–Kier alpha value is -1.72. The second-order valence-corrected chi connectivity index (χ2v) is 9.56. The van der Waals surface area contributed by atoms with Crippen molar-refractivity contribution < 1.29 is 19.4 Å². The number of nitrogens with one attached hydrogen (secondary N) is 2. The summed E-state index contributed by atoms with van der Waals surface area (Å²) < 4.78 is 0. The van der Waals surface area contributed by atoms with Gasteiger partial charge in [-0.15, -0.1) is 0 Å². The number of para-hydroxylation sites is 1. The summed E-state index contributed by atoms with van der Waals surface area (Å²) in [5.74, 6) is 0.736. The third kappa shape index (κ3) is 1.87. The van der Waals surface area contributed by atoms with E-state index in [1.807, 2.05) is 11.0 Å². The predicted molar refractivity (Wildman–Crippen MR) is 103 cm³/mol. The fraction of sp³-hybridized carbons (Fsp3) is 0.636. The number of hydrogen-bond acceptors (Lipinski definition) is 2. The molecule has 5 aliphatic heterocycles. The normalized spacial score (nSPS) is 41.7. The number of hydrogen-bond donors (Lipinski definition) is 2. The Morgan fingerprint density at radius 3 is 2.30 bits per heavy atom. The third-order valence-electron chi connectivity index (χ3n) is 7.74. The van der Waals surface area contributed by atoms with Gasteiger partial charge in [0.05, 0.1) is 5.69 Å². The monoisotopic (exact) mass is 369 g/mol. The molecule has 1 aromatic carbocycles. The van der Waals surface area contributed by atoms with Gasteiger partial charge in [0.1, 0.15) is 42.6 Å². The Morgan fingerprint density at radius 1 is 1.00 bits per heavy atom. The molecule has 5 heterocycles. The van der Waals surface area contributed by atoms with Gasteiger partial charge in [-0.25, -0.2) is 0 Å². The molecule has 0 saturated carbocycles. The average Bonchev–Trinajstić information content (AvgIpc) is 2.87. The molecule has 0 aliphatic carbocycles. The lowest BCUT2D eigenvalue weighted by Crippen LogP contribution is -3.48. The number of rotatable bonds is 4. The molecule has 2 atom stereocenters. The number of carbonyl (C=O) groups is 2. The van der Waals surface area contributed by atoms with Crippen LogP contribution in [0, 0.1) is 10.8 Å². The molecule has 5 heteroatoms. The van der Waals surface area contributed by atoms with Gasteiger partial charge in [-0.2, -0.15) is 0 Å². The topological polar surface area (TPSA) is 46.3 Å².